The van der Waals surface area contributed by atoms with Gasteiger partial charge in [-0.25, -0.2) is 8.78 Å². The summed E-state index contributed by atoms with van der Waals surface area (Å²) < 4.78 is 26.5. The van der Waals surface area contributed by atoms with Crippen molar-refractivity contribution in [3.63, 3.8) is 0 Å². The van der Waals surface area contributed by atoms with Gasteiger partial charge < -0.3 is 11.1 Å². The summed E-state index contributed by atoms with van der Waals surface area (Å²) in [6.45, 7) is 2.14. The Bertz CT molecular complexity index is 513. The molecule has 1 aromatic carbocycles. The number of carbonyl (C=O) groups excluding carboxylic acids is 1. The largest absolute Gasteiger partial charge is 0.355 e. The van der Waals surface area contributed by atoms with Crippen molar-refractivity contribution >= 4 is 18.3 Å². The molecule has 1 fully saturated rings. The van der Waals surface area contributed by atoms with Gasteiger partial charge in [0.1, 0.15) is 11.6 Å². The van der Waals surface area contributed by atoms with Gasteiger partial charge in [0.15, 0.2) is 0 Å². The number of hydrogen-bond acceptors (Lipinski definition) is 2. The molecule has 1 saturated carbocycles. The Morgan fingerprint density at radius 1 is 1.41 bits per heavy atom. The number of benzene rings is 1. The molecule has 3 atom stereocenters. The molecule has 1 amide bonds. The van der Waals surface area contributed by atoms with Crippen LogP contribution in [0.4, 0.5) is 8.78 Å². The van der Waals surface area contributed by atoms with E-state index in [1.165, 1.54) is 12.1 Å². The van der Waals surface area contributed by atoms with E-state index >= 15 is 0 Å². The van der Waals surface area contributed by atoms with E-state index in [9.17, 15) is 13.6 Å². The number of halogens is 3. The van der Waals surface area contributed by atoms with Gasteiger partial charge in [-0.15, -0.1) is 12.4 Å². The number of rotatable bonds is 5. The highest BCUT2D eigenvalue weighted by Crippen LogP contribution is 2.26. The smallest absolute Gasteiger partial charge is 0.220 e. The lowest BCUT2D eigenvalue weighted by atomic mass is 9.98. The SMILES string of the molecule is CC(CNC(=O)C[C@@H]1CCC[C@H]1N)c1ccc(F)cc1F.Cl. The lowest BCUT2D eigenvalue weighted by molar-refractivity contribution is -0.122. The zero-order chi connectivity index (χ0) is 15.4. The van der Waals surface area contributed by atoms with Crippen molar-refractivity contribution in [1.82, 2.24) is 5.32 Å². The fourth-order valence-electron chi connectivity index (χ4n) is 2.91. The van der Waals surface area contributed by atoms with Crippen LogP contribution in [-0.2, 0) is 4.79 Å². The molecule has 0 aromatic heterocycles. The minimum atomic E-state index is -0.595. The van der Waals surface area contributed by atoms with Gasteiger partial charge in [-0.1, -0.05) is 19.4 Å². The molecule has 124 valence electrons. The van der Waals surface area contributed by atoms with E-state index < -0.39 is 11.6 Å². The fraction of sp³-hybridized carbons (Fsp3) is 0.562. The van der Waals surface area contributed by atoms with Gasteiger partial charge in [0.2, 0.25) is 5.91 Å². The lowest BCUT2D eigenvalue weighted by Gasteiger charge is -2.17. The molecule has 0 radical (unpaired) electrons. The summed E-state index contributed by atoms with van der Waals surface area (Å²) >= 11 is 0. The highest BCUT2D eigenvalue weighted by molar-refractivity contribution is 5.85. The summed E-state index contributed by atoms with van der Waals surface area (Å²) in [5.74, 6) is -1.17. The van der Waals surface area contributed by atoms with Gasteiger partial charge in [-0.05, 0) is 30.4 Å². The van der Waals surface area contributed by atoms with Crippen LogP contribution in [0.15, 0.2) is 18.2 Å². The zero-order valence-corrected chi connectivity index (χ0v) is 13.5. The molecule has 0 bridgehead atoms. The molecule has 3 N–H and O–H groups in total. The van der Waals surface area contributed by atoms with E-state index in [2.05, 4.69) is 5.32 Å². The predicted octanol–water partition coefficient (Wildman–Crippen LogP) is 3.12. The monoisotopic (exact) mass is 332 g/mol. The van der Waals surface area contributed by atoms with E-state index in [1.54, 1.807) is 6.92 Å². The fourth-order valence-corrected chi connectivity index (χ4v) is 2.91. The van der Waals surface area contributed by atoms with E-state index in [0.29, 0.717) is 18.5 Å². The predicted molar refractivity (Wildman–Crippen MR) is 85.0 cm³/mol. The van der Waals surface area contributed by atoms with E-state index in [-0.39, 0.29) is 36.2 Å². The Labute approximate surface area is 136 Å². The minimum Gasteiger partial charge on any atom is -0.355 e. The van der Waals surface area contributed by atoms with Crippen molar-refractivity contribution < 1.29 is 13.6 Å². The number of hydrogen-bond donors (Lipinski definition) is 2. The summed E-state index contributed by atoms with van der Waals surface area (Å²) in [4.78, 5) is 11.9. The second-order valence-corrected chi connectivity index (χ2v) is 5.93. The average molecular weight is 333 g/mol. The van der Waals surface area contributed by atoms with Crippen molar-refractivity contribution in [2.45, 2.75) is 44.6 Å². The number of carbonyl (C=O) groups is 1. The third kappa shape index (κ3) is 4.92. The van der Waals surface area contributed by atoms with Crippen molar-refractivity contribution in [3.05, 3.63) is 35.4 Å². The van der Waals surface area contributed by atoms with Gasteiger partial charge in [0.05, 0.1) is 0 Å². The van der Waals surface area contributed by atoms with E-state index in [4.69, 9.17) is 5.73 Å². The average Bonchev–Trinajstić information content (AvgIpc) is 2.81. The molecule has 6 heteroatoms. The standard InChI is InChI=1S/C16H22F2N2O.ClH/c1-10(13-6-5-12(17)8-14(13)18)9-20-16(21)7-11-3-2-4-15(11)19;/h5-6,8,10-11,15H,2-4,7,9,19H2,1H3,(H,20,21);1H/t10?,11-,15+;/m0./s1. The Morgan fingerprint density at radius 3 is 2.73 bits per heavy atom. The second-order valence-electron chi connectivity index (χ2n) is 5.93. The highest BCUT2D eigenvalue weighted by atomic mass is 35.5. The molecule has 0 heterocycles. The number of amides is 1. The highest BCUT2D eigenvalue weighted by Gasteiger charge is 2.26. The first-order valence-electron chi connectivity index (χ1n) is 7.44. The molecule has 3 nitrogen and oxygen atoms in total. The first-order valence-corrected chi connectivity index (χ1v) is 7.44. The molecule has 0 saturated heterocycles. The van der Waals surface area contributed by atoms with Crippen LogP contribution in [0.1, 0.15) is 44.1 Å². The van der Waals surface area contributed by atoms with Crippen LogP contribution in [0, 0.1) is 17.6 Å². The Balaban J connectivity index is 0.00000242. The molecule has 2 rings (SSSR count). The van der Waals surface area contributed by atoms with Crippen LogP contribution in [0.25, 0.3) is 0 Å². The Kier molecular flexibility index (Phi) is 7.23. The van der Waals surface area contributed by atoms with Gasteiger partial charge in [-0.3, -0.25) is 4.79 Å². The van der Waals surface area contributed by atoms with Crippen molar-refractivity contribution in [2.24, 2.45) is 11.7 Å². The first-order chi connectivity index (χ1) is 9.97. The van der Waals surface area contributed by atoms with Crippen LogP contribution in [0.3, 0.4) is 0 Å². The van der Waals surface area contributed by atoms with E-state index in [0.717, 1.165) is 25.3 Å². The molecule has 1 unspecified atom stereocenters. The lowest BCUT2D eigenvalue weighted by Crippen LogP contribution is -2.33. The topological polar surface area (TPSA) is 55.1 Å². The quantitative estimate of drug-likeness (QED) is 0.870. The molecule has 1 aromatic rings. The molecule has 0 aliphatic heterocycles. The number of nitrogens with one attached hydrogen (secondary N) is 1. The van der Waals surface area contributed by atoms with Crippen LogP contribution in [-0.4, -0.2) is 18.5 Å². The molecule has 1 aliphatic rings. The first kappa shape index (κ1) is 18.8. The Morgan fingerprint density at radius 2 is 2.14 bits per heavy atom. The zero-order valence-electron chi connectivity index (χ0n) is 12.6. The van der Waals surface area contributed by atoms with Gasteiger partial charge in [-0.2, -0.15) is 0 Å². The van der Waals surface area contributed by atoms with Gasteiger partial charge in [0, 0.05) is 31.0 Å². The summed E-state index contributed by atoms with van der Waals surface area (Å²) in [6, 6.07) is 3.64. The third-order valence-electron chi connectivity index (χ3n) is 4.26. The van der Waals surface area contributed by atoms with Crippen LogP contribution < -0.4 is 11.1 Å². The van der Waals surface area contributed by atoms with E-state index in [1.807, 2.05) is 0 Å². The molecule has 1 aliphatic carbocycles. The Hall–Kier alpha value is -1.20. The summed E-state index contributed by atoms with van der Waals surface area (Å²) in [5, 5.41) is 2.82. The summed E-state index contributed by atoms with van der Waals surface area (Å²) in [7, 11) is 0. The van der Waals surface area contributed by atoms with Crippen LogP contribution in [0.5, 0.6) is 0 Å². The molecule has 0 spiro atoms. The van der Waals surface area contributed by atoms with Crippen LogP contribution in [0.2, 0.25) is 0 Å². The molecular weight excluding hydrogens is 310 g/mol. The maximum atomic E-state index is 13.6. The minimum absolute atomic E-state index is 0. The number of nitrogens with two attached hydrogens (primary N) is 1. The third-order valence-corrected chi connectivity index (χ3v) is 4.26. The van der Waals surface area contributed by atoms with Gasteiger partial charge in [0.25, 0.3) is 0 Å². The van der Waals surface area contributed by atoms with Crippen molar-refractivity contribution in [3.8, 4) is 0 Å². The summed E-state index contributed by atoms with van der Waals surface area (Å²) in [5.41, 5.74) is 6.35. The molecular formula is C16H23ClF2N2O. The van der Waals surface area contributed by atoms with Crippen molar-refractivity contribution in [1.29, 1.82) is 0 Å². The summed E-state index contributed by atoms with van der Waals surface area (Å²) in [6.07, 6.45) is 3.49. The maximum Gasteiger partial charge on any atom is 0.220 e. The van der Waals surface area contributed by atoms with Crippen molar-refractivity contribution in [2.75, 3.05) is 6.54 Å². The van der Waals surface area contributed by atoms with Gasteiger partial charge >= 0.3 is 0 Å². The second kappa shape index (κ2) is 8.44. The normalized spacial score (nSPS) is 22.0. The van der Waals surface area contributed by atoms with Crippen LogP contribution >= 0.6 is 12.4 Å². The molecule has 22 heavy (non-hydrogen) atoms. The maximum absolute atomic E-state index is 13.6.